The van der Waals surface area contributed by atoms with E-state index in [-0.39, 0.29) is 16.5 Å². The lowest BCUT2D eigenvalue weighted by Gasteiger charge is -2.12. The number of hydrogen-bond acceptors (Lipinski definition) is 2. The van der Waals surface area contributed by atoms with E-state index in [9.17, 15) is 18.0 Å². The SMILES string of the molecule is O=c1[nH]nc(Cc2ccccc2C(F)(F)F)cc1Br. The number of nitrogens with one attached hydrogen (secondary N) is 1. The Morgan fingerprint density at radius 3 is 2.58 bits per heavy atom. The van der Waals surface area contributed by atoms with Gasteiger partial charge in [-0.2, -0.15) is 18.3 Å². The van der Waals surface area contributed by atoms with Gasteiger partial charge < -0.3 is 0 Å². The molecule has 2 rings (SSSR count). The molecule has 0 unspecified atom stereocenters. The van der Waals surface area contributed by atoms with Gasteiger partial charge in [-0.05, 0) is 33.6 Å². The van der Waals surface area contributed by atoms with Gasteiger partial charge in [0.2, 0.25) is 0 Å². The smallest absolute Gasteiger partial charge is 0.267 e. The molecule has 19 heavy (non-hydrogen) atoms. The van der Waals surface area contributed by atoms with Gasteiger partial charge in [-0.15, -0.1) is 0 Å². The van der Waals surface area contributed by atoms with Crippen molar-refractivity contribution in [3.63, 3.8) is 0 Å². The van der Waals surface area contributed by atoms with Crippen LogP contribution in [0.4, 0.5) is 13.2 Å². The Labute approximate surface area is 114 Å². The van der Waals surface area contributed by atoms with Crippen LogP contribution in [0.3, 0.4) is 0 Å². The van der Waals surface area contributed by atoms with Crippen LogP contribution in [0.25, 0.3) is 0 Å². The average molecular weight is 333 g/mol. The summed E-state index contributed by atoms with van der Waals surface area (Å²) in [6.07, 6.45) is -4.42. The minimum absolute atomic E-state index is 0.00887. The van der Waals surface area contributed by atoms with Crippen molar-refractivity contribution in [1.29, 1.82) is 0 Å². The third kappa shape index (κ3) is 3.23. The maximum atomic E-state index is 12.8. The Morgan fingerprint density at radius 2 is 1.95 bits per heavy atom. The zero-order chi connectivity index (χ0) is 14.0. The van der Waals surface area contributed by atoms with E-state index in [1.165, 1.54) is 24.3 Å². The molecule has 0 atom stereocenters. The summed E-state index contributed by atoms with van der Waals surface area (Å²) < 4.78 is 38.7. The summed E-state index contributed by atoms with van der Waals surface area (Å²) in [6.45, 7) is 0. The molecule has 0 fully saturated rings. The molecule has 0 amide bonds. The molecule has 7 heteroatoms. The second-order valence-electron chi connectivity index (χ2n) is 3.87. The van der Waals surface area contributed by atoms with Crippen molar-refractivity contribution in [2.24, 2.45) is 0 Å². The van der Waals surface area contributed by atoms with Crippen LogP contribution in [0.1, 0.15) is 16.8 Å². The Morgan fingerprint density at radius 1 is 1.26 bits per heavy atom. The van der Waals surface area contributed by atoms with Gasteiger partial charge in [0, 0.05) is 6.42 Å². The molecule has 0 radical (unpaired) electrons. The van der Waals surface area contributed by atoms with Gasteiger partial charge in [0.15, 0.2) is 0 Å². The van der Waals surface area contributed by atoms with E-state index in [2.05, 4.69) is 26.1 Å². The summed E-state index contributed by atoms with van der Waals surface area (Å²) in [6, 6.07) is 6.69. The van der Waals surface area contributed by atoms with Crippen molar-refractivity contribution in [1.82, 2.24) is 10.2 Å². The van der Waals surface area contributed by atoms with Crippen molar-refractivity contribution >= 4 is 15.9 Å². The van der Waals surface area contributed by atoms with Crippen molar-refractivity contribution in [3.05, 3.63) is 62.0 Å². The fourth-order valence-electron chi connectivity index (χ4n) is 1.66. The molecule has 0 saturated carbocycles. The minimum Gasteiger partial charge on any atom is -0.267 e. The highest BCUT2D eigenvalue weighted by molar-refractivity contribution is 9.10. The predicted octanol–water partition coefficient (Wildman–Crippen LogP) is 3.14. The molecule has 0 spiro atoms. The highest BCUT2D eigenvalue weighted by atomic mass is 79.9. The van der Waals surface area contributed by atoms with E-state index >= 15 is 0 Å². The van der Waals surface area contributed by atoms with Crippen LogP contribution in [0.2, 0.25) is 0 Å². The van der Waals surface area contributed by atoms with Gasteiger partial charge in [-0.1, -0.05) is 18.2 Å². The van der Waals surface area contributed by atoms with Gasteiger partial charge in [-0.3, -0.25) is 4.79 Å². The first kappa shape index (κ1) is 13.8. The molecule has 1 aromatic carbocycles. The molecule has 0 aliphatic carbocycles. The third-order valence-electron chi connectivity index (χ3n) is 2.51. The molecule has 2 aromatic rings. The van der Waals surface area contributed by atoms with Gasteiger partial charge in [-0.25, -0.2) is 5.10 Å². The van der Waals surface area contributed by atoms with E-state index in [4.69, 9.17) is 0 Å². The molecule has 0 bridgehead atoms. The quantitative estimate of drug-likeness (QED) is 0.918. The lowest BCUT2D eigenvalue weighted by atomic mass is 10.0. The summed E-state index contributed by atoms with van der Waals surface area (Å²) >= 11 is 3.01. The highest BCUT2D eigenvalue weighted by Crippen LogP contribution is 2.32. The fraction of sp³-hybridized carbons (Fsp3) is 0.167. The van der Waals surface area contributed by atoms with E-state index in [1.807, 2.05) is 0 Å². The van der Waals surface area contributed by atoms with Crippen LogP contribution < -0.4 is 5.56 Å². The molecule has 3 nitrogen and oxygen atoms in total. The molecule has 100 valence electrons. The zero-order valence-corrected chi connectivity index (χ0v) is 11.0. The van der Waals surface area contributed by atoms with Crippen molar-refractivity contribution in [3.8, 4) is 0 Å². The van der Waals surface area contributed by atoms with Crippen LogP contribution in [-0.4, -0.2) is 10.2 Å². The lowest BCUT2D eigenvalue weighted by Crippen LogP contribution is -2.13. The summed E-state index contributed by atoms with van der Waals surface area (Å²) in [5.74, 6) is 0. The number of halogens is 4. The Hall–Kier alpha value is -1.63. The van der Waals surface area contributed by atoms with Gasteiger partial charge in [0.25, 0.3) is 5.56 Å². The first-order valence-corrected chi connectivity index (χ1v) is 6.06. The maximum absolute atomic E-state index is 12.8. The second kappa shape index (κ2) is 5.16. The van der Waals surface area contributed by atoms with E-state index < -0.39 is 17.3 Å². The summed E-state index contributed by atoms with van der Waals surface area (Å²) in [5, 5.41) is 5.94. The molecule has 0 aliphatic heterocycles. The Kier molecular flexibility index (Phi) is 3.75. The first-order valence-electron chi connectivity index (χ1n) is 5.27. The number of alkyl halides is 3. The monoisotopic (exact) mass is 332 g/mol. The maximum Gasteiger partial charge on any atom is 0.416 e. The molecular weight excluding hydrogens is 325 g/mol. The van der Waals surface area contributed by atoms with Crippen LogP contribution in [0, 0.1) is 0 Å². The van der Waals surface area contributed by atoms with Crippen molar-refractivity contribution in [2.45, 2.75) is 12.6 Å². The molecular formula is C12H8BrF3N2O. The number of hydrogen-bond donors (Lipinski definition) is 1. The highest BCUT2D eigenvalue weighted by Gasteiger charge is 2.32. The third-order valence-corrected chi connectivity index (χ3v) is 3.09. The molecule has 0 aliphatic rings. The normalized spacial score (nSPS) is 11.6. The first-order chi connectivity index (χ1) is 8.88. The number of aromatic nitrogens is 2. The largest absolute Gasteiger partial charge is 0.416 e. The van der Waals surface area contributed by atoms with E-state index in [0.717, 1.165) is 6.07 Å². The molecule has 1 aromatic heterocycles. The van der Waals surface area contributed by atoms with Crippen LogP contribution >= 0.6 is 15.9 Å². The lowest BCUT2D eigenvalue weighted by molar-refractivity contribution is -0.138. The summed E-state index contributed by atoms with van der Waals surface area (Å²) in [4.78, 5) is 11.1. The number of H-pyrrole nitrogens is 1. The Balaban J connectivity index is 2.38. The van der Waals surface area contributed by atoms with Crippen molar-refractivity contribution < 1.29 is 13.2 Å². The van der Waals surface area contributed by atoms with Gasteiger partial charge >= 0.3 is 6.18 Å². The van der Waals surface area contributed by atoms with Crippen LogP contribution in [0.5, 0.6) is 0 Å². The standard InChI is InChI=1S/C12H8BrF3N2O/c13-10-6-8(17-18-11(10)19)5-7-3-1-2-4-9(7)12(14,15)16/h1-4,6H,5H2,(H,18,19). The zero-order valence-electron chi connectivity index (χ0n) is 9.46. The summed E-state index contributed by atoms with van der Waals surface area (Å²) in [7, 11) is 0. The minimum atomic E-state index is -4.41. The van der Waals surface area contributed by atoms with E-state index in [1.54, 1.807) is 0 Å². The molecule has 1 heterocycles. The topological polar surface area (TPSA) is 45.8 Å². The van der Waals surface area contributed by atoms with Crippen molar-refractivity contribution in [2.75, 3.05) is 0 Å². The average Bonchev–Trinajstić information content (AvgIpc) is 2.33. The fourth-order valence-corrected chi connectivity index (χ4v) is 2.01. The molecule has 0 saturated heterocycles. The summed E-state index contributed by atoms with van der Waals surface area (Å²) in [5.41, 5.74) is -0.656. The van der Waals surface area contributed by atoms with Gasteiger partial charge in [0.1, 0.15) is 0 Å². The van der Waals surface area contributed by atoms with E-state index in [0.29, 0.717) is 5.69 Å². The Bertz CT molecular complexity index is 652. The van der Waals surface area contributed by atoms with Gasteiger partial charge in [0.05, 0.1) is 15.7 Å². The molecule has 1 N–H and O–H groups in total. The number of aromatic amines is 1. The van der Waals surface area contributed by atoms with Crippen LogP contribution in [0.15, 0.2) is 39.6 Å². The number of nitrogens with zero attached hydrogens (tertiary/aromatic N) is 1. The number of rotatable bonds is 2. The second-order valence-corrected chi connectivity index (χ2v) is 4.72. The van der Waals surface area contributed by atoms with Crippen LogP contribution in [-0.2, 0) is 12.6 Å². The number of benzene rings is 1. The predicted molar refractivity (Wildman–Crippen MR) is 66.8 cm³/mol.